The zero-order valence-corrected chi connectivity index (χ0v) is 22.7. The normalized spacial score (nSPS) is 10.8. The number of carbonyl (C=O) groups is 1. The first-order chi connectivity index (χ1) is 18.0. The monoisotopic (exact) mass is 603 g/mol. The summed E-state index contributed by atoms with van der Waals surface area (Å²) in [6.45, 7) is 4.58. The highest BCUT2D eigenvalue weighted by molar-refractivity contribution is 14.1. The number of hydrogen-bond acceptors (Lipinski definition) is 4. The Balaban J connectivity index is 1.47. The fraction of sp³-hybridized carbons (Fsp3) is 0.133. The van der Waals surface area contributed by atoms with Crippen LogP contribution in [0.15, 0.2) is 84.0 Å². The number of nitrogens with zero attached hydrogens (tertiary/aromatic N) is 2. The second-order valence-electron chi connectivity index (χ2n) is 8.06. The molecule has 0 saturated carbocycles. The lowest BCUT2D eigenvalue weighted by Gasteiger charge is -2.13. The van der Waals surface area contributed by atoms with Crippen LogP contribution in [0.5, 0.6) is 11.5 Å². The highest BCUT2D eigenvalue weighted by Crippen LogP contribution is 2.34. The van der Waals surface area contributed by atoms with Crippen molar-refractivity contribution in [3.05, 3.63) is 99.3 Å². The topological polar surface area (TPSA) is 64.8 Å². The van der Waals surface area contributed by atoms with E-state index in [1.807, 2.05) is 43.3 Å². The number of amides is 1. The van der Waals surface area contributed by atoms with Gasteiger partial charge in [0, 0.05) is 16.9 Å². The molecule has 4 rings (SSSR count). The minimum atomic E-state index is -0.302. The molecule has 0 atom stereocenters. The first-order valence-corrected chi connectivity index (χ1v) is 12.8. The molecule has 3 aromatic carbocycles. The Morgan fingerprint density at radius 2 is 1.84 bits per heavy atom. The lowest BCUT2D eigenvalue weighted by Crippen LogP contribution is -2.17. The van der Waals surface area contributed by atoms with Crippen molar-refractivity contribution in [2.24, 2.45) is 5.10 Å². The maximum atomic E-state index is 12.7. The van der Waals surface area contributed by atoms with Crippen molar-refractivity contribution in [3.63, 3.8) is 0 Å². The van der Waals surface area contributed by atoms with Crippen molar-refractivity contribution in [2.45, 2.75) is 13.8 Å². The average molecular weight is 603 g/mol. The van der Waals surface area contributed by atoms with E-state index < -0.39 is 0 Å². The molecule has 1 aromatic heterocycles. The van der Waals surface area contributed by atoms with E-state index in [1.54, 1.807) is 24.4 Å². The van der Waals surface area contributed by atoms with E-state index in [0.29, 0.717) is 23.7 Å². The van der Waals surface area contributed by atoms with Crippen LogP contribution in [-0.2, 0) is 0 Å². The highest BCUT2D eigenvalue weighted by atomic mass is 127. The average Bonchev–Trinajstić information content (AvgIpc) is 3.30. The van der Waals surface area contributed by atoms with Crippen LogP contribution in [0.4, 0.5) is 0 Å². The fourth-order valence-corrected chi connectivity index (χ4v) is 4.67. The van der Waals surface area contributed by atoms with Gasteiger partial charge in [0.2, 0.25) is 0 Å². The number of ether oxygens (including phenoxy) is 2. The zero-order valence-electron chi connectivity index (χ0n) is 20.6. The van der Waals surface area contributed by atoms with E-state index in [1.165, 1.54) is 0 Å². The largest absolute Gasteiger partial charge is 0.490 e. The Morgan fingerprint density at radius 1 is 1.08 bits per heavy atom. The van der Waals surface area contributed by atoms with Gasteiger partial charge in [-0.1, -0.05) is 36.3 Å². The number of aromatic nitrogens is 1. The summed E-state index contributed by atoms with van der Waals surface area (Å²) in [5.74, 6) is 3.32. The summed E-state index contributed by atoms with van der Waals surface area (Å²) in [5, 5.41) is 4.13. The van der Waals surface area contributed by atoms with Crippen LogP contribution in [0.3, 0.4) is 0 Å². The number of nitrogens with one attached hydrogen (secondary N) is 1. The minimum Gasteiger partial charge on any atom is -0.490 e. The minimum absolute atomic E-state index is 0.149. The van der Waals surface area contributed by atoms with Crippen LogP contribution in [0.25, 0.3) is 16.9 Å². The number of benzene rings is 3. The van der Waals surface area contributed by atoms with E-state index in [0.717, 1.165) is 31.8 Å². The predicted molar refractivity (Wildman–Crippen MR) is 156 cm³/mol. The zero-order chi connectivity index (χ0) is 26.2. The van der Waals surface area contributed by atoms with Gasteiger partial charge in [0.15, 0.2) is 11.5 Å². The number of hydrazone groups is 1. The summed E-state index contributed by atoms with van der Waals surface area (Å²) in [4.78, 5) is 12.7. The number of carbonyl (C=O) groups excluding carboxylic acids is 1. The van der Waals surface area contributed by atoms with Gasteiger partial charge in [-0.15, -0.1) is 6.42 Å². The van der Waals surface area contributed by atoms with Crippen molar-refractivity contribution >= 4 is 34.7 Å². The second-order valence-corrected chi connectivity index (χ2v) is 9.23. The highest BCUT2D eigenvalue weighted by Gasteiger charge is 2.13. The standard InChI is InChI=1S/C30H26IN3O3/c1-4-17-37-29-26(31)18-22(19-28(29)36-5-2)20-32-33-30(35)24-12-14-25(15-13-24)34-21(3)11-16-27(34)23-9-7-6-8-10-23/h1,6-16,18-20H,5,17H2,2-3H3,(H,33,35)/b32-20+. The third-order valence-corrected chi connectivity index (χ3v) is 6.35. The molecule has 0 aliphatic heterocycles. The van der Waals surface area contributed by atoms with Crippen LogP contribution in [0.1, 0.15) is 28.5 Å². The van der Waals surface area contributed by atoms with Gasteiger partial charge in [0.1, 0.15) is 6.61 Å². The molecule has 0 unspecified atom stereocenters. The summed E-state index contributed by atoms with van der Waals surface area (Å²) in [6, 6.07) is 25.5. The molecular weight excluding hydrogens is 577 g/mol. The van der Waals surface area contributed by atoms with Crippen LogP contribution in [0.2, 0.25) is 0 Å². The van der Waals surface area contributed by atoms with Crippen molar-refractivity contribution in [2.75, 3.05) is 13.2 Å². The smallest absolute Gasteiger partial charge is 0.271 e. The first kappa shape index (κ1) is 26.0. The molecule has 0 saturated heterocycles. The van der Waals surface area contributed by atoms with E-state index in [9.17, 15) is 4.79 Å². The summed E-state index contributed by atoms with van der Waals surface area (Å²) in [6.07, 6.45) is 6.88. The van der Waals surface area contributed by atoms with Gasteiger partial charge in [-0.05, 0) is 96.1 Å². The van der Waals surface area contributed by atoms with Crippen molar-refractivity contribution in [3.8, 4) is 40.8 Å². The van der Waals surface area contributed by atoms with Crippen LogP contribution < -0.4 is 14.9 Å². The lowest BCUT2D eigenvalue weighted by molar-refractivity contribution is 0.0955. The number of rotatable bonds is 9. The van der Waals surface area contributed by atoms with Crippen molar-refractivity contribution < 1.29 is 14.3 Å². The van der Waals surface area contributed by atoms with Crippen molar-refractivity contribution in [1.29, 1.82) is 0 Å². The molecule has 0 fully saturated rings. The molecule has 6 nitrogen and oxygen atoms in total. The number of terminal acetylenes is 1. The van der Waals surface area contributed by atoms with Crippen LogP contribution in [-0.4, -0.2) is 29.9 Å². The quantitative estimate of drug-likeness (QED) is 0.107. The van der Waals surface area contributed by atoms with Gasteiger partial charge in [0.25, 0.3) is 5.91 Å². The Kier molecular flexibility index (Phi) is 8.64. The molecule has 186 valence electrons. The molecule has 7 heteroatoms. The third kappa shape index (κ3) is 6.22. The van der Waals surface area contributed by atoms with Gasteiger partial charge in [-0.25, -0.2) is 5.43 Å². The number of aryl methyl sites for hydroxylation is 1. The van der Waals surface area contributed by atoms with Gasteiger partial charge in [-0.3, -0.25) is 4.79 Å². The van der Waals surface area contributed by atoms with Gasteiger partial charge >= 0.3 is 0 Å². The van der Waals surface area contributed by atoms with E-state index >= 15 is 0 Å². The molecule has 4 aromatic rings. The van der Waals surface area contributed by atoms with Crippen molar-refractivity contribution in [1.82, 2.24) is 9.99 Å². The molecule has 0 radical (unpaired) electrons. The second kappa shape index (κ2) is 12.3. The first-order valence-electron chi connectivity index (χ1n) is 11.7. The van der Waals surface area contributed by atoms with Crippen LogP contribution in [0, 0.1) is 22.8 Å². The Morgan fingerprint density at radius 3 is 2.54 bits per heavy atom. The summed E-state index contributed by atoms with van der Waals surface area (Å²) in [5.41, 5.74) is 8.17. The van der Waals surface area contributed by atoms with E-state index in [2.05, 4.69) is 74.8 Å². The predicted octanol–water partition coefficient (Wildman–Crippen LogP) is 6.23. The molecule has 0 aliphatic carbocycles. The maximum Gasteiger partial charge on any atom is 0.271 e. The SMILES string of the molecule is C#CCOc1c(I)cc(/C=N/NC(=O)c2ccc(-n3c(C)ccc3-c3ccccc3)cc2)cc1OCC. The lowest BCUT2D eigenvalue weighted by atomic mass is 10.1. The summed E-state index contributed by atoms with van der Waals surface area (Å²) >= 11 is 2.16. The third-order valence-electron chi connectivity index (χ3n) is 5.54. The molecule has 1 amide bonds. The summed E-state index contributed by atoms with van der Waals surface area (Å²) in [7, 11) is 0. The van der Waals surface area contributed by atoms with Crippen LogP contribution >= 0.6 is 22.6 Å². The molecule has 0 aliphatic rings. The van der Waals surface area contributed by atoms with Gasteiger partial charge in [-0.2, -0.15) is 5.10 Å². The molecule has 37 heavy (non-hydrogen) atoms. The molecule has 0 spiro atoms. The van der Waals surface area contributed by atoms with Gasteiger partial charge in [0.05, 0.1) is 22.1 Å². The Hall–Kier alpha value is -4.03. The molecule has 1 heterocycles. The Bertz CT molecular complexity index is 1450. The number of hydrogen-bond donors (Lipinski definition) is 1. The maximum absolute atomic E-state index is 12.7. The fourth-order valence-electron chi connectivity index (χ4n) is 3.89. The molecular formula is C30H26IN3O3. The van der Waals surface area contributed by atoms with E-state index in [4.69, 9.17) is 15.9 Å². The van der Waals surface area contributed by atoms with E-state index in [-0.39, 0.29) is 12.5 Å². The summed E-state index contributed by atoms with van der Waals surface area (Å²) < 4.78 is 14.3. The Labute approximate surface area is 230 Å². The van der Waals surface area contributed by atoms with Gasteiger partial charge < -0.3 is 14.0 Å². The number of halogens is 1. The molecule has 0 bridgehead atoms. The molecule has 1 N–H and O–H groups in total.